The van der Waals surface area contributed by atoms with Gasteiger partial charge < -0.3 is 9.30 Å². The van der Waals surface area contributed by atoms with Gasteiger partial charge in [0.1, 0.15) is 5.69 Å². The van der Waals surface area contributed by atoms with Crippen LogP contribution >= 0.6 is 11.6 Å². The third-order valence-electron chi connectivity index (χ3n) is 7.37. The molecule has 0 N–H and O–H groups in total. The van der Waals surface area contributed by atoms with E-state index in [0.29, 0.717) is 35.4 Å². The Hall–Kier alpha value is -4.45. The van der Waals surface area contributed by atoms with Crippen molar-refractivity contribution < 1.29 is 9.53 Å². The van der Waals surface area contributed by atoms with Crippen LogP contribution in [0.4, 0.5) is 0 Å². The highest BCUT2D eigenvalue weighted by Crippen LogP contribution is 2.38. The maximum absolute atomic E-state index is 14.5. The first kappa shape index (κ1) is 26.8. The molecule has 6 rings (SSSR count). The van der Waals surface area contributed by atoms with Gasteiger partial charge in [-0.15, -0.1) is 0 Å². The lowest BCUT2D eigenvalue weighted by Crippen LogP contribution is -2.17. The standard InChI is InChI=1S/C35H30ClN3O2/c1-23-9-13-25(14-10-23)29-22-31(26-7-5-4-6-8-26)39(33(29)34(40)27-15-11-24(2)12-16-27)35-37-30-18-17-28(36)21-32(30)38(35)19-20-41-3/h4-18,21-22H,19-20H2,1-3H3. The number of aryl methyl sites for hydroxylation is 2. The fourth-order valence-electron chi connectivity index (χ4n) is 5.22. The van der Waals surface area contributed by atoms with E-state index in [0.717, 1.165) is 44.5 Å². The van der Waals surface area contributed by atoms with Crippen LogP contribution < -0.4 is 0 Å². The molecular formula is C35H30ClN3O2. The molecule has 0 bridgehead atoms. The van der Waals surface area contributed by atoms with Gasteiger partial charge in [0.2, 0.25) is 11.7 Å². The summed E-state index contributed by atoms with van der Waals surface area (Å²) in [5, 5.41) is 0.620. The second-order valence-corrected chi connectivity index (χ2v) is 10.7. The van der Waals surface area contributed by atoms with Crippen LogP contribution in [-0.2, 0) is 11.3 Å². The number of carbonyl (C=O) groups is 1. The van der Waals surface area contributed by atoms with Crippen molar-refractivity contribution >= 4 is 28.4 Å². The number of carbonyl (C=O) groups excluding carboxylic acids is 1. The molecule has 2 aromatic heterocycles. The van der Waals surface area contributed by atoms with Crippen molar-refractivity contribution in [1.82, 2.24) is 14.1 Å². The van der Waals surface area contributed by atoms with Crippen molar-refractivity contribution in [2.75, 3.05) is 13.7 Å². The van der Waals surface area contributed by atoms with Gasteiger partial charge in [0.15, 0.2) is 0 Å². The van der Waals surface area contributed by atoms with Crippen LogP contribution in [-0.4, -0.2) is 33.6 Å². The first-order valence-corrected chi connectivity index (χ1v) is 14.0. The predicted octanol–water partition coefficient (Wildman–Crippen LogP) is 8.31. The van der Waals surface area contributed by atoms with Crippen LogP contribution in [0.5, 0.6) is 0 Å². The number of aromatic nitrogens is 3. The summed E-state index contributed by atoms with van der Waals surface area (Å²) in [6.45, 7) is 5.09. The first-order valence-electron chi connectivity index (χ1n) is 13.6. The zero-order valence-corrected chi connectivity index (χ0v) is 24.0. The van der Waals surface area contributed by atoms with Gasteiger partial charge in [-0.3, -0.25) is 9.36 Å². The Kier molecular flexibility index (Phi) is 7.31. The molecule has 204 valence electrons. The molecule has 0 saturated carbocycles. The minimum absolute atomic E-state index is 0.0777. The Morgan fingerprint density at radius 3 is 2.20 bits per heavy atom. The number of hydrogen-bond acceptors (Lipinski definition) is 3. The number of imidazole rings is 1. The lowest BCUT2D eigenvalue weighted by atomic mass is 9.98. The van der Waals surface area contributed by atoms with Crippen molar-refractivity contribution in [3.8, 4) is 28.3 Å². The minimum Gasteiger partial charge on any atom is -0.383 e. The topological polar surface area (TPSA) is 49.0 Å². The Balaban J connectivity index is 1.73. The van der Waals surface area contributed by atoms with Crippen LogP contribution in [0.15, 0.2) is 103 Å². The highest BCUT2D eigenvalue weighted by Gasteiger charge is 2.28. The molecule has 0 spiro atoms. The molecule has 0 aliphatic heterocycles. The summed E-state index contributed by atoms with van der Waals surface area (Å²) in [6.07, 6.45) is 0. The Morgan fingerprint density at radius 1 is 0.829 bits per heavy atom. The number of nitrogens with zero attached hydrogens (tertiary/aromatic N) is 3. The van der Waals surface area contributed by atoms with Gasteiger partial charge in [0.05, 0.1) is 23.3 Å². The van der Waals surface area contributed by atoms with E-state index in [9.17, 15) is 4.79 Å². The first-order chi connectivity index (χ1) is 19.9. The van der Waals surface area contributed by atoms with Crippen LogP contribution in [0.25, 0.3) is 39.4 Å². The van der Waals surface area contributed by atoms with E-state index in [2.05, 4.69) is 54.0 Å². The maximum Gasteiger partial charge on any atom is 0.216 e. The third kappa shape index (κ3) is 5.10. The summed E-state index contributed by atoms with van der Waals surface area (Å²) in [6, 6.07) is 33.9. The lowest BCUT2D eigenvalue weighted by molar-refractivity contribution is 0.103. The van der Waals surface area contributed by atoms with Gasteiger partial charge in [-0.2, -0.15) is 0 Å². The number of ether oxygens (including phenoxy) is 1. The van der Waals surface area contributed by atoms with Gasteiger partial charge in [-0.05, 0) is 49.2 Å². The van der Waals surface area contributed by atoms with Crippen LogP contribution in [0.2, 0.25) is 5.02 Å². The smallest absolute Gasteiger partial charge is 0.216 e. The summed E-state index contributed by atoms with van der Waals surface area (Å²) in [7, 11) is 1.68. The number of halogens is 1. The summed E-state index contributed by atoms with van der Waals surface area (Å²) in [4.78, 5) is 19.6. The van der Waals surface area contributed by atoms with Gasteiger partial charge in [0.25, 0.3) is 0 Å². The zero-order chi connectivity index (χ0) is 28.5. The minimum atomic E-state index is -0.0777. The fourth-order valence-corrected chi connectivity index (χ4v) is 5.38. The summed E-state index contributed by atoms with van der Waals surface area (Å²) in [5.74, 6) is 0.554. The number of benzene rings is 4. The number of fused-ring (bicyclic) bond motifs is 1. The van der Waals surface area contributed by atoms with E-state index in [1.807, 2.05) is 72.2 Å². The number of hydrogen-bond donors (Lipinski definition) is 0. The molecule has 0 unspecified atom stereocenters. The summed E-state index contributed by atoms with van der Waals surface area (Å²) < 4.78 is 9.58. The highest BCUT2D eigenvalue weighted by atomic mass is 35.5. The van der Waals surface area contributed by atoms with E-state index in [1.54, 1.807) is 7.11 Å². The van der Waals surface area contributed by atoms with Crippen molar-refractivity contribution in [2.45, 2.75) is 20.4 Å². The Labute approximate surface area is 244 Å². The number of rotatable bonds is 8. The average molecular weight is 560 g/mol. The number of ketones is 1. The molecule has 0 aliphatic carbocycles. The molecule has 4 aromatic carbocycles. The van der Waals surface area contributed by atoms with Crippen LogP contribution in [0, 0.1) is 13.8 Å². The van der Waals surface area contributed by atoms with Gasteiger partial charge in [-0.1, -0.05) is 102 Å². The second kappa shape index (κ2) is 11.2. The summed E-state index contributed by atoms with van der Waals surface area (Å²) >= 11 is 6.45. The predicted molar refractivity (Wildman–Crippen MR) is 166 cm³/mol. The SMILES string of the molecule is COCCn1c(-n2c(-c3ccccc3)cc(-c3ccc(C)cc3)c2C(=O)c2ccc(C)cc2)nc2ccc(Cl)cc21. The molecule has 0 radical (unpaired) electrons. The molecule has 0 aliphatic rings. The molecule has 0 amide bonds. The van der Waals surface area contributed by atoms with E-state index in [4.69, 9.17) is 21.3 Å². The quantitative estimate of drug-likeness (QED) is 0.176. The van der Waals surface area contributed by atoms with Crippen LogP contribution in [0.1, 0.15) is 27.2 Å². The molecule has 2 heterocycles. The average Bonchev–Trinajstić information content (AvgIpc) is 3.55. The van der Waals surface area contributed by atoms with Crippen molar-refractivity contribution in [3.63, 3.8) is 0 Å². The molecule has 5 nitrogen and oxygen atoms in total. The molecule has 0 fully saturated rings. The van der Waals surface area contributed by atoms with Crippen LogP contribution in [0.3, 0.4) is 0 Å². The molecule has 6 aromatic rings. The lowest BCUT2D eigenvalue weighted by Gasteiger charge is -2.16. The van der Waals surface area contributed by atoms with E-state index >= 15 is 0 Å². The van der Waals surface area contributed by atoms with E-state index < -0.39 is 0 Å². The zero-order valence-electron chi connectivity index (χ0n) is 23.3. The van der Waals surface area contributed by atoms with Gasteiger partial charge >= 0.3 is 0 Å². The van der Waals surface area contributed by atoms with E-state index in [1.165, 1.54) is 0 Å². The van der Waals surface area contributed by atoms with E-state index in [-0.39, 0.29) is 5.78 Å². The van der Waals surface area contributed by atoms with Gasteiger partial charge in [0, 0.05) is 29.8 Å². The van der Waals surface area contributed by atoms with Crippen molar-refractivity contribution in [3.05, 3.63) is 131 Å². The molecule has 6 heteroatoms. The monoisotopic (exact) mass is 559 g/mol. The van der Waals surface area contributed by atoms with Crippen molar-refractivity contribution in [1.29, 1.82) is 0 Å². The normalized spacial score (nSPS) is 11.3. The molecule has 0 saturated heterocycles. The molecular weight excluding hydrogens is 530 g/mol. The summed E-state index contributed by atoms with van der Waals surface area (Å²) in [5.41, 5.74) is 8.75. The molecule has 41 heavy (non-hydrogen) atoms. The van der Waals surface area contributed by atoms with Gasteiger partial charge in [-0.25, -0.2) is 4.98 Å². The number of methoxy groups -OCH3 is 1. The third-order valence-corrected chi connectivity index (χ3v) is 7.61. The highest BCUT2D eigenvalue weighted by molar-refractivity contribution is 6.31. The molecule has 0 atom stereocenters. The fraction of sp³-hybridized carbons (Fsp3) is 0.143. The maximum atomic E-state index is 14.5. The largest absolute Gasteiger partial charge is 0.383 e. The van der Waals surface area contributed by atoms with Crippen molar-refractivity contribution in [2.24, 2.45) is 0 Å². The second-order valence-electron chi connectivity index (χ2n) is 10.2. The Morgan fingerprint density at radius 2 is 1.51 bits per heavy atom. The Bertz CT molecular complexity index is 1850.